The molecule has 2 rings (SSSR count). The quantitative estimate of drug-likeness (QED) is 0.882. The third-order valence-corrected chi connectivity index (χ3v) is 8.03. The van der Waals surface area contributed by atoms with Gasteiger partial charge in [0.05, 0.1) is 3.79 Å². The number of rotatable bonds is 5. The van der Waals surface area contributed by atoms with E-state index >= 15 is 0 Å². The summed E-state index contributed by atoms with van der Waals surface area (Å²) < 4.78 is 28.1. The average Bonchev–Trinajstić information content (AvgIpc) is 2.64. The topological polar surface area (TPSA) is 46.2 Å². The first-order valence-electron chi connectivity index (χ1n) is 5.28. The van der Waals surface area contributed by atoms with Crippen LogP contribution in [0.15, 0.2) is 20.1 Å². The van der Waals surface area contributed by atoms with E-state index in [0.717, 1.165) is 16.6 Å². The van der Waals surface area contributed by atoms with E-state index in [1.54, 1.807) is 23.9 Å². The molecule has 1 aliphatic carbocycles. The molecule has 0 unspecified atom stereocenters. The summed E-state index contributed by atoms with van der Waals surface area (Å²) in [6.45, 7) is 0.534. The van der Waals surface area contributed by atoms with Crippen molar-refractivity contribution in [3.8, 4) is 0 Å². The average molecular weight is 356 g/mol. The molecule has 1 aliphatic rings. The van der Waals surface area contributed by atoms with Gasteiger partial charge in [0, 0.05) is 11.3 Å². The summed E-state index contributed by atoms with van der Waals surface area (Å²) in [5, 5.41) is 0. The Kier molecular flexibility index (Phi) is 4.24. The Morgan fingerprint density at radius 2 is 2.24 bits per heavy atom. The van der Waals surface area contributed by atoms with Gasteiger partial charge < -0.3 is 0 Å². The number of thiophene rings is 1. The molecule has 1 N–H and O–H groups in total. The van der Waals surface area contributed by atoms with Crippen LogP contribution in [0.2, 0.25) is 0 Å². The zero-order valence-corrected chi connectivity index (χ0v) is 13.4. The number of nitrogens with one attached hydrogen (secondary N) is 1. The van der Waals surface area contributed by atoms with Crippen LogP contribution < -0.4 is 4.72 Å². The van der Waals surface area contributed by atoms with Crippen LogP contribution in [0.4, 0.5) is 0 Å². The lowest BCUT2D eigenvalue weighted by Crippen LogP contribution is -2.45. The van der Waals surface area contributed by atoms with Crippen LogP contribution >= 0.6 is 39.0 Å². The number of thioether (sulfide) groups is 1. The van der Waals surface area contributed by atoms with Crippen molar-refractivity contribution in [2.75, 3.05) is 12.8 Å². The highest BCUT2D eigenvalue weighted by molar-refractivity contribution is 9.11. The Bertz CT molecular complexity index is 488. The van der Waals surface area contributed by atoms with Crippen LogP contribution in [0.5, 0.6) is 0 Å². The minimum absolute atomic E-state index is 0.127. The van der Waals surface area contributed by atoms with E-state index in [9.17, 15) is 8.42 Å². The lowest BCUT2D eigenvalue weighted by atomic mass is 9.84. The largest absolute Gasteiger partial charge is 0.250 e. The fourth-order valence-electron chi connectivity index (χ4n) is 1.76. The highest BCUT2D eigenvalue weighted by atomic mass is 79.9. The lowest BCUT2D eigenvalue weighted by molar-refractivity contribution is 0.362. The van der Waals surface area contributed by atoms with E-state index in [1.807, 2.05) is 0 Å². The standard InChI is InChI=1S/C10H14BrNO2S3/c1-15-10(5-2-6-10)7-12-17(13,14)9-4-3-8(11)16-9/h3-4,12H,2,5-7H2,1H3. The van der Waals surface area contributed by atoms with Gasteiger partial charge in [-0.25, -0.2) is 13.1 Å². The first-order chi connectivity index (χ1) is 7.97. The summed E-state index contributed by atoms with van der Waals surface area (Å²) in [4.78, 5) is 0. The highest BCUT2D eigenvalue weighted by Gasteiger charge is 2.37. The van der Waals surface area contributed by atoms with Crippen molar-refractivity contribution in [3.63, 3.8) is 0 Å². The molecule has 0 atom stereocenters. The molecule has 0 bridgehead atoms. The van der Waals surface area contributed by atoms with Gasteiger partial charge in [-0.15, -0.1) is 11.3 Å². The second-order valence-electron chi connectivity index (χ2n) is 4.12. The van der Waals surface area contributed by atoms with Gasteiger partial charge in [0.1, 0.15) is 4.21 Å². The fourth-order valence-corrected chi connectivity index (χ4v) is 5.95. The zero-order chi connectivity index (χ0) is 12.5. The van der Waals surface area contributed by atoms with Gasteiger partial charge >= 0.3 is 0 Å². The van der Waals surface area contributed by atoms with Crippen LogP contribution in [-0.4, -0.2) is 26.0 Å². The second-order valence-corrected chi connectivity index (χ2v) is 9.85. The van der Waals surface area contributed by atoms with Gasteiger partial charge in [0.25, 0.3) is 0 Å². The molecule has 1 fully saturated rings. The summed E-state index contributed by atoms with van der Waals surface area (Å²) in [5.74, 6) is 0. The Labute approximate surface area is 119 Å². The highest BCUT2D eigenvalue weighted by Crippen LogP contribution is 2.42. The van der Waals surface area contributed by atoms with Crippen LogP contribution in [0.1, 0.15) is 19.3 Å². The SMILES string of the molecule is CSC1(CNS(=O)(=O)c2ccc(Br)s2)CCC1. The first kappa shape index (κ1) is 13.9. The molecule has 1 aromatic heterocycles. The molecule has 1 saturated carbocycles. The normalized spacial score (nSPS) is 18.9. The molecule has 1 heterocycles. The predicted molar refractivity (Wildman–Crippen MR) is 77.3 cm³/mol. The van der Waals surface area contributed by atoms with E-state index in [-0.39, 0.29) is 4.75 Å². The van der Waals surface area contributed by atoms with Gasteiger partial charge in [-0.3, -0.25) is 0 Å². The Morgan fingerprint density at radius 3 is 2.65 bits per heavy atom. The van der Waals surface area contributed by atoms with E-state index in [2.05, 4.69) is 26.9 Å². The molecule has 0 radical (unpaired) electrons. The van der Waals surface area contributed by atoms with Crippen LogP contribution in [0, 0.1) is 0 Å². The van der Waals surface area contributed by atoms with Crippen molar-refractivity contribution < 1.29 is 8.42 Å². The van der Waals surface area contributed by atoms with Crippen molar-refractivity contribution in [2.24, 2.45) is 0 Å². The van der Waals surface area contributed by atoms with Crippen molar-refractivity contribution in [3.05, 3.63) is 15.9 Å². The summed E-state index contributed by atoms with van der Waals surface area (Å²) in [6.07, 6.45) is 5.46. The van der Waals surface area contributed by atoms with Gasteiger partial charge in [-0.1, -0.05) is 6.42 Å². The Balaban J connectivity index is 2.03. The zero-order valence-electron chi connectivity index (χ0n) is 9.40. The Hall–Kier alpha value is 0.440. The molecule has 1 aromatic rings. The molecular weight excluding hydrogens is 342 g/mol. The van der Waals surface area contributed by atoms with E-state index in [4.69, 9.17) is 0 Å². The van der Waals surface area contributed by atoms with Crippen molar-refractivity contribution in [2.45, 2.75) is 28.2 Å². The molecular formula is C10H14BrNO2S3. The van der Waals surface area contributed by atoms with E-state index < -0.39 is 10.0 Å². The van der Waals surface area contributed by atoms with Crippen LogP contribution in [-0.2, 0) is 10.0 Å². The fraction of sp³-hybridized carbons (Fsp3) is 0.600. The summed E-state index contributed by atoms with van der Waals surface area (Å²) in [7, 11) is -3.33. The monoisotopic (exact) mass is 355 g/mol. The molecule has 7 heteroatoms. The van der Waals surface area contributed by atoms with Gasteiger partial charge in [-0.05, 0) is 47.2 Å². The molecule has 0 spiro atoms. The second kappa shape index (κ2) is 5.21. The molecule has 96 valence electrons. The van der Waals surface area contributed by atoms with E-state index in [0.29, 0.717) is 10.8 Å². The molecule has 3 nitrogen and oxygen atoms in total. The number of sulfonamides is 1. The maximum absolute atomic E-state index is 12.0. The summed E-state index contributed by atoms with van der Waals surface area (Å²) >= 11 is 6.28. The predicted octanol–water partition coefficient (Wildman–Crippen LogP) is 3.07. The van der Waals surface area contributed by atoms with Crippen LogP contribution in [0.25, 0.3) is 0 Å². The molecule has 0 aromatic carbocycles. The lowest BCUT2D eigenvalue weighted by Gasteiger charge is -2.40. The molecule has 0 saturated heterocycles. The minimum atomic E-state index is -3.33. The van der Waals surface area contributed by atoms with Gasteiger partial charge in [0.15, 0.2) is 0 Å². The third-order valence-electron chi connectivity index (χ3n) is 3.10. The summed E-state index contributed by atoms with van der Waals surface area (Å²) in [6, 6.07) is 3.39. The maximum atomic E-state index is 12.0. The van der Waals surface area contributed by atoms with Crippen LogP contribution in [0.3, 0.4) is 0 Å². The number of hydrogen-bond donors (Lipinski definition) is 1. The van der Waals surface area contributed by atoms with Crippen molar-refractivity contribution in [1.29, 1.82) is 0 Å². The number of hydrogen-bond acceptors (Lipinski definition) is 4. The first-order valence-corrected chi connectivity index (χ1v) is 9.59. The van der Waals surface area contributed by atoms with E-state index in [1.165, 1.54) is 17.8 Å². The molecule has 0 amide bonds. The van der Waals surface area contributed by atoms with Crippen molar-refractivity contribution >= 4 is 49.1 Å². The minimum Gasteiger partial charge on any atom is -0.209 e. The molecule has 17 heavy (non-hydrogen) atoms. The Morgan fingerprint density at radius 1 is 1.53 bits per heavy atom. The van der Waals surface area contributed by atoms with Crippen molar-refractivity contribution in [1.82, 2.24) is 4.72 Å². The van der Waals surface area contributed by atoms with Gasteiger partial charge in [-0.2, -0.15) is 11.8 Å². The summed E-state index contributed by atoms with van der Waals surface area (Å²) in [5.41, 5.74) is 0. The smallest absolute Gasteiger partial charge is 0.209 e. The van der Waals surface area contributed by atoms with Gasteiger partial charge in [0.2, 0.25) is 10.0 Å². The molecule has 0 aliphatic heterocycles. The maximum Gasteiger partial charge on any atom is 0.250 e. The number of halogens is 1. The third kappa shape index (κ3) is 3.07.